The molecule has 0 unspecified atom stereocenters. The van der Waals surface area contributed by atoms with E-state index in [0.717, 1.165) is 5.56 Å². The van der Waals surface area contributed by atoms with Crippen molar-refractivity contribution < 1.29 is 23.9 Å². The number of hydrogen-bond acceptors (Lipinski definition) is 5. The summed E-state index contributed by atoms with van der Waals surface area (Å²) in [6.07, 6.45) is -1.31. The monoisotopic (exact) mass is 349 g/mol. The van der Waals surface area contributed by atoms with E-state index in [1.165, 1.54) is 6.92 Å². The molecule has 8 heteroatoms. The van der Waals surface area contributed by atoms with Crippen LogP contribution >= 0.6 is 0 Å². The number of carbonyl (C=O) groups excluding carboxylic acids is 4. The number of hydrogen-bond donors (Lipinski definition) is 3. The Labute approximate surface area is 146 Å². The number of carbonyl (C=O) groups is 4. The molecule has 0 saturated carbocycles. The lowest BCUT2D eigenvalue weighted by molar-refractivity contribution is -0.158. The van der Waals surface area contributed by atoms with Crippen molar-refractivity contribution in [3.8, 4) is 0 Å². The molecule has 0 spiro atoms. The highest BCUT2D eigenvalue weighted by atomic mass is 16.5. The molecular formula is C17H23N3O5. The zero-order valence-corrected chi connectivity index (χ0v) is 14.4. The molecular weight excluding hydrogens is 326 g/mol. The van der Waals surface area contributed by atoms with Crippen LogP contribution in [-0.4, -0.2) is 29.9 Å². The highest BCUT2D eigenvalue weighted by Crippen LogP contribution is 2.18. The molecule has 0 saturated heterocycles. The van der Waals surface area contributed by atoms with Crippen molar-refractivity contribution >= 4 is 23.8 Å². The second-order valence-corrected chi connectivity index (χ2v) is 5.88. The lowest BCUT2D eigenvalue weighted by atomic mass is 10.0. The second kappa shape index (κ2) is 9.41. The average molecular weight is 349 g/mol. The largest absolute Gasteiger partial charge is 0.452 e. The van der Waals surface area contributed by atoms with Crippen LogP contribution in [-0.2, 0) is 19.1 Å². The Hall–Kier alpha value is -2.90. The van der Waals surface area contributed by atoms with E-state index in [4.69, 9.17) is 10.5 Å². The maximum Gasteiger partial charge on any atom is 0.318 e. The summed E-state index contributed by atoms with van der Waals surface area (Å²) in [6.45, 7) is 4.68. The molecule has 25 heavy (non-hydrogen) atoms. The summed E-state index contributed by atoms with van der Waals surface area (Å²) in [5.74, 6) is -2.12. The van der Waals surface area contributed by atoms with Crippen molar-refractivity contribution in [1.29, 1.82) is 0 Å². The molecule has 2 atom stereocenters. The molecule has 0 radical (unpaired) electrons. The number of ether oxygens (including phenoxy) is 1. The molecule has 0 bridgehead atoms. The third kappa shape index (κ3) is 7.03. The molecule has 1 aromatic rings. The molecule has 0 aliphatic carbocycles. The van der Waals surface area contributed by atoms with Crippen molar-refractivity contribution in [2.45, 2.75) is 39.3 Å². The van der Waals surface area contributed by atoms with Gasteiger partial charge in [0.05, 0.1) is 12.5 Å². The standard InChI is InChI=1S/C17H23N3O5/c1-10(2)15(16(23)20-17(18)24)25-14(22)9-13(19-11(3)21)12-7-5-4-6-8-12/h4-8,10,13,15H,9H2,1-3H3,(H,19,21)(H3,18,20,23,24)/t13-,15+/m0/s1. The summed E-state index contributed by atoms with van der Waals surface area (Å²) in [7, 11) is 0. The molecule has 0 aliphatic rings. The van der Waals surface area contributed by atoms with Gasteiger partial charge in [0.15, 0.2) is 6.10 Å². The van der Waals surface area contributed by atoms with Crippen LogP contribution < -0.4 is 16.4 Å². The first kappa shape index (κ1) is 20.1. The van der Waals surface area contributed by atoms with Crippen LogP contribution in [0.15, 0.2) is 30.3 Å². The van der Waals surface area contributed by atoms with Gasteiger partial charge in [-0.05, 0) is 11.5 Å². The van der Waals surface area contributed by atoms with Gasteiger partial charge in [-0.1, -0.05) is 44.2 Å². The fourth-order valence-electron chi connectivity index (χ4n) is 2.22. The summed E-state index contributed by atoms with van der Waals surface area (Å²) < 4.78 is 5.20. The van der Waals surface area contributed by atoms with Gasteiger partial charge in [-0.2, -0.15) is 0 Å². The summed E-state index contributed by atoms with van der Waals surface area (Å²) in [5, 5.41) is 4.58. The van der Waals surface area contributed by atoms with Crippen LogP contribution in [0.25, 0.3) is 0 Å². The second-order valence-electron chi connectivity index (χ2n) is 5.88. The SMILES string of the molecule is CC(=O)N[C@@H](CC(=O)O[C@@H](C(=O)NC(N)=O)C(C)C)c1ccccc1. The van der Waals surface area contributed by atoms with Gasteiger partial charge in [0, 0.05) is 6.92 Å². The summed E-state index contributed by atoms with van der Waals surface area (Å²) >= 11 is 0. The first-order chi connectivity index (χ1) is 11.7. The topological polar surface area (TPSA) is 128 Å². The number of nitrogens with one attached hydrogen (secondary N) is 2. The van der Waals surface area contributed by atoms with Crippen molar-refractivity contribution in [2.75, 3.05) is 0 Å². The Kier molecular flexibility index (Phi) is 7.58. The van der Waals surface area contributed by atoms with E-state index in [1.807, 2.05) is 11.4 Å². The number of imide groups is 1. The van der Waals surface area contributed by atoms with Crippen molar-refractivity contribution in [1.82, 2.24) is 10.6 Å². The van der Waals surface area contributed by atoms with E-state index in [2.05, 4.69) is 5.32 Å². The minimum Gasteiger partial charge on any atom is -0.452 e. The van der Waals surface area contributed by atoms with Gasteiger partial charge in [-0.25, -0.2) is 4.79 Å². The van der Waals surface area contributed by atoms with Gasteiger partial charge in [0.2, 0.25) is 5.91 Å². The Morgan fingerprint density at radius 2 is 1.72 bits per heavy atom. The smallest absolute Gasteiger partial charge is 0.318 e. The molecule has 0 heterocycles. The Morgan fingerprint density at radius 1 is 1.12 bits per heavy atom. The fourth-order valence-corrected chi connectivity index (χ4v) is 2.22. The zero-order chi connectivity index (χ0) is 19.0. The molecule has 1 rings (SSSR count). The quantitative estimate of drug-likeness (QED) is 0.633. The Morgan fingerprint density at radius 3 is 2.20 bits per heavy atom. The summed E-state index contributed by atoms with van der Waals surface area (Å²) in [5.41, 5.74) is 5.65. The molecule has 4 amide bonds. The molecule has 0 aromatic heterocycles. The number of amides is 4. The van der Waals surface area contributed by atoms with Crippen molar-refractivity contribution in [3.05, 3.63) is 35.9 Å². The lowest BCUT2D eigenvalue weighted by Gasteiger charge is -2.22. The molecule has 136 valence electrons. The number of esters is 1. The predicted octanol–water partition coefficient (Wildman–Crippen LogP) is 1.02. The first-order valence-corrected chi connectivity index (χ1v) is 7.82. The van der Waals surface area contributed by atoms with Gasteiger partial charge >= 0.3 is 12.0 Å². The van der Waals surface area contributed by atoms with Gasteiger partial charge in [0.25, 0.3) is 5.91 Å². The van der Waals surface area contributed by atoms with E-state index >= 15 is 0 Å². The minimum atomic E-state index is -1.16. The highest BCUT2D eigenvalue weighted by Gasteiger charge is 2.28. The Balaban J connectivity index is 2.83. The van der Waals surface area contributed by atoms with Gasteiger partial charge in [-0.3, -0.25) is 19.7 Å². The van der Waals surface area contributed by atoms with Crippen LogP contribution in [0.5, 0.6) is 0 Å². The molecule has 8 nitrogen and oxygen atoms in total. The normalized spacial score (nSPS) is 12.8. The van der Waals surface area contributed by atoms with Crippen LogP contribution in [0, 0.1) is 5.92 Å². The van der Waals surface area contributed by atoms with E-state index < -0.39 is 30.1 Å². The van der Waals surface area contributed by atoms with Gasteiger partial charge in [-0.15, -0.1) is 0 Å². The molecule has 0 aliphatic heterocycles. The molecule has 0 fully saturated rings. The van der Waals surface area contributed by atoms with Crippen molar-refractivity contribution in [2.24, 2.45) is 11.7 Å². The number of rotatable bonds is 7. The number of urea groups is 1. The maximum atomic E-state index is 12.2. The van der Waals surface area contributed by atoms with Crippen LogP contribution in [0.1, 0.15) is 38.8 Å². The minimum absolute atomic E-state index is 0.156. The average Bonchev–Trinajstić information content (AvgIpc) is 2.51. The maximum absolute atomic E-state index is 12.2. The molecule has 4 N–H and O–H groups in total. The number of nitrogens with two attached hydrogens (primary N) is 1. The lowest BCUT2D eigenvalue weighted by Crippen LogP contribution is -2.45. The van der Waals surface area contributed by atoms with E-state index in [9.17, 15) is 19.2 Å². The summed E-state index contributed by atoms with van der Waals surface area (Å²) in [6, 6.07) is 7.32. The summed E-state index contributed by atoms with van der Waals surface area (Å²) in [4.78, 5) is 46.3. The fraction of sp³-hybridized carbons (Fsp3) is 0.412. The highest BCUT2D eigenvalue weighted by molar-refractivity contribution is 5.96. The van der Waals surface area contributed by atoms with E-state index in [1.54, 1.807) is 38.1 Å². The van der Waals surface area contributed by atoms with Crippen molar-refractivity contribution in [3.63, 3.8) is 0 Å². The van der Waals surface area contributed by atoms with Crippen LogP contribution in [0.4, 0.5) is 4.79 Å². The molecule has 1 aromatic carbocycles. The third-order valence-corrected chi connectivity index (χ3v) is 3.32. The van der Waals surface area contributed by atoms with E-state index in [-0.39, 0.29) is 18.2 Å². The van der Waals surface area contributed by atoms with E-state index in [0.29, 0.717) is 0 Å². The van der Waals surface area contributed by atoms with Crippen LogP contribution in [0.3, 0.4) is 0 Å². The first-order valence-electron chi connectivity index (χ1n) is 7.82. The number of primary amides is 1. The predicted molar refractivity (Wildman–Crippen MR) is 90.1 cm³/mol. The third-order valence-electron chi connectivity index (χ3n) is 3.32. The van der Waals surface area contributed by atoms with Gasteiger partial charge < -0.3 is 15.8 Å². The van der Waals surface area contributed by atoms with Crippen LogP contribution in [0.2, 0.25) is 0 Å². The number of benzene rings is 1. The Bertz CT molecular complexity index is 630. The zero-order valence-electron chi connectivity index (χ0n) is 14.4. The van der Waals surface area contributed by atoms with Gasteiger partial charge in [0.1, 0.15) is 0 Å².